The lowest BCUT2D eigenvalue weighted by atomic mass is 10.0. The molecule has 0 unspecified atom stereocenters. The number of aromatic nitrogens is 1. The van der Waals surface area contributed by atoms with Crippen LogP contribution in [0, 0.1) is 13.8 Å². The zero-order valence-corrected chi connectivity index (χ0v) is 11.6. The van der Waals surface area contributed by atoms with E-state index >= 15 is 0 Å². The van der Waals surface area contributed by atoms with Crippen LogP contribution in [0.1, 0.15) is 16.1 Å². The molecule has 2 aromatic rings. The molecule has 0 atom stereocenters. The smallest absolute Gasteiger partial charge is 0.124 e. The number of rotatable bonds is 4. The topological polar surface area (TPSA) is 60.2 Å². The van der Waals surface area contributed by atoms with Crippen molar-refractivity contribution in [2.24, 2.45) is 5.84 Å². The Kier molecular flexibility index (Phi) is 3.96. The number of hydrazine groups is 1. The number of hydrogen-bond acceptors (Lipinski definition) is 5. The van der Waals surface area contributed by atoms with Crippen LogP contribution in [-0.2, 0) is 6.54 Å². The van der Waals surface area contributed by atoms with Crippen LogP contribution in [0.2, 0.25) is 0 Å². The monoisotopic (exact) mass is 263 g/mol. The number of methoxy groups -OCH3 is 1. The minimum atomic E-state index is 0.596. The van der Waals surface area contributed by atoms with Gasteiger partial charge in [-0.15, -0.1) is 11.3 Å². The van der Waals surface area contributed by atoms with Crippen molar-refractivity contribution in [1.29, 1.82) is 0 Å². The van der Waals surface area contributed by atoms with Crippen LogP contribution in [0.15, 0.2) is 17.5 Å². The number of aryl methyl sites for hydroxylation is 2. The normalized spacial score (nSPS) is 10.7. The predicted molar refractivity (Wildman–Crippen MR) is 74.6 cm³/mol. The van der Waals surface area contributed by atoms with Crippen LogP contribution in [0.25, 0.3) is 11.3 Å². The molecule has 0 aliphatic rings. The van der Waals surface area contributed by atoms with Crippen LogP contribution in [0.3, 0.4) is 0 Å². The summed E-state index contributed by atoms with van der Waals surface area (Å²) in [6, 6.07) is 4.20. The first-order valence-corrected chi connectivity index (χ1v) is 6.57. The van der Waals surface area contributed by atoms with Crippen LogP contribution in [0.4, 0.5) is 0 Å². The third-order valence-corrected chi connectivity index (χ3v) is 3.61. The minimum Gasteiger partial charge on any atom is -0.496 e. The van der Waals surface area contributed by atoms with Gasteiger partial charge in [-0.3, -0.25) is 11.3 Å². The molecule has 5 heteroatoms. The first kappa shape index (κ1) is 13.0. The number of nitrogens with two attached hydrogens (primary N) is 1. The van der Waals surface area contributed by atoms with Gasteiger partial charge in [-0.2, -0.15) is 0 Å². The van der Waals surface area contributed by atoms with E-state index in [0.717, 1.165) is 33.1 Å². The molecule has 4 nitrogen and oxygen atoms in total. The molecule has 0 saturated carbocycles. The highest BCUT2D eigenvalue weighted by atomic mass is 32.1. The van der Waals surface area contributed by atoms with Crippen molar-refractivity contribution in [2.75, 3.05) is 7.11 Å². The van der Waals surface area contributed by atoms with E-state index in [-0.39, 0.29) is 0 Å². The van der Waals surface area contributed by atoms with Gasteiger partial charge in [0.2, 0.25) is 0 Å². The molecule has 96 valence electrons. The second kappa shape index (κ2) is 5.48. The fourth-order valence-corrected chi connectivity index (χ4v) is 2.79. The lowest BCUT2D eigenvalue weighted by Gasteiger charge is -2.10. The van der Waals surface area contributed by atoms with Crippen LogP contribution in [-0.4, -0.2) is 12.1 Å². The predicted octanol–water partition coefficient (Wildman–Crippen LogP) is 2.40. The molecule has 0 bridgehead atoms. The summed E-state index contributed by atoms with van der Waals surface area (Å²) in [6.07, 6.45) is 0. The number of benzene rings is 1. The molecule has 1 heterocycles. The molecule has 0 aliphatic heterocycles. The lowest BCUT2D eigenvalue weighted by molar-refractivity contribution is 0.408. The molecule has 1 aromatic carbocycles. The summed E-state index contributed by atoms with van der Waals surface area (Å²) < 4.78 is 5.37. The largest absolute Gasteiger partial charge is 0.496 e. The summed E-state index contributed by atoms with van der Waals surface area (Å²) in [7, 11) is 1.70. The second-order valence-corrected chi connectivity index (χ2v) is 5.09. The maximum absolute atomic E-state index is 5.37. The van der Waals surface area contributed by atoms with E-state index in [2.05, 4.69) is 22.5 Å². The molecule has 0 fully saturated rings. The number of ether oxygens (including phenoxy) is 1. The summed E-state index contributed by atoms with van der Waals surface area (Å²) in [5.41, 5.74) is 6.97. The van der Waals surface area contributed by atoms with Gasteiger partial charge in [0.1, 0.15) is 10.8 Å². The van der Waals surface area contributed by atoms with Gasteiger partial charge in [-0.05, 0) is 37.1 Å². The molecule has 0 aliphatic carbocycles. The highest BCUT2D eigenvalue weighted by molar-refractivity contribution is 7.09. The molecule has 0 radical (unpaired) electrons. The van der Waals surface area contributed by atoms with Gasteiger partial charge >= 0.3 is 0 Å². The van der Waals surface area contributed by atoms with Crippen molar-refractivity contribution in [3.8, 4) is 17.0 Å². The highest BCUT2D eigenvalue weighted by Crippen LogP contribution is 2.30. The van der Waals surface area contributed by atoms with Crippen molar-refractivity contribution in [2.45, 2.75) is 20.4 Å². The number of thiazole rings is 1. The van der Waals surface area contributed by atoms with E-state index < -0.39 is 0 Å². The van der Waals surface area contributed by atoms with Crippen molar-refractivity contribution < 1.29 is 4.74 Å². The van der Waals surface area contributed by atoms with Crippen molar-refractivity contribution in [3.63, 3.8) is 0 Å². The molecular formula is C13H17N3OS. The van der Waals surface area contributed by atoms with Crippen LogP contribution in [0.5, 0.6) is 5.75 Å². The summed E-state index contributed by atoms with van der Waals surface area (Å²) >= 11 is 1.61. The Morgan fingerprint density at radius 1 is 1.33 bits per heavy atom. The molecular weight excluding hydrogens is 246 g/mol. The fraction of sp³-hybridized carbons (Fsp3) is 0.308. The van der Waals surface area contributed by atoms with Crippen molar-refractivity contribution >= 4 is 11.3 Å². The molecule has 3 N–H and O–H groups in total. The number of hydrogen-bond donors (Lipinski definition) is 2. The summed E-state index contributed by atoms with van der Waals surface area (Å²) in [5, 5.41) is 3.03. The van der Waals surface area contributed by atoms with Crippen LogP contribution >= 0.6 is 11.3 Å². The average molecular weight is 263 g/mol. The quantitative estimate of drug-likeness (QED) is 0.657. The van der Waals surface area contributed by atoms with Crippen LogP contribution < -0.4 is 16.0 Å². The van der Waals surface area contributed by atoms with E-state index in [4.69, 9.17) is 10.6 Å². The van der Waals surface area contributed by atoms with Crippen molar-refractivity contribution in [3.05, 3.63) is 33.6 Å². The van der Waals surface area contributed by atoms with Gasteiger partial charge in [0.25, 0.3) is 0 Å². The number of nitrogens with one attached hydrogen (secondary N) is 1. The molecule has 2 rings (SSSR count). The van der Waals surface area contributed by atoms with Gasteiger partial charge in [0.05, 0.1) is 19.3 Å². The Labute approximate surface area is 111 Å². The first-order valence-electron chi connectivity index (χ1n) is 5.69. The Balaban J connectivity index is 2.38. The summed E-state index contributed by atoms with van der Waals surface area (Å²) in [6.45, 7) is 4.69. The SMILES string of the molecule is COc1c(C)cc(-c2csc(CNN)n2)cc1C. The molecule has 18 heavy (non-hydrogen) atoms. The second-order valence-electron chi connectivity index (χ2n) is 4.15. The molecule has 0 amide bonds. The maximum Gasteiger partial charge on any atom is 0.124 e. The van der Waals surface area contributed by atoms with E-state index in [1.807, 2.05) is 19.2 Å². The molecule has 0 spiro atoms. The number of nitrogens with zero attached hydrogens (tertiary/aromatic N) is 1. The van der Waals surface area contributed by atoms with Gasteiger partial charge in [-0.25, -0.2) is 4.98 Å². The standard InChI is InChI=1S/C13H17N3OS/c1-8-4-10(5-9(2)13(8)17-3)11-7-18-12(16-11)6-15-14/h4-5,7,15H,6,14H2,1-3H3. The lowest BCUT2D eigenvalue weighted by Crippen LogP contribution is -2.20. The highest BCUT2D eigenvalue weighted by Gasteiger charge is 2.09. The van der Waals surface area contributed by atoms with Crippen molar-refractivity contribution in [1.82, 2.24) is 10.4 Å². The molecule has 0 saturated heterocycles. The van der Waals surface area contributed by atoms with Gasteiger partial charge in [0, 0.05) is 10.9 Å². The van der Waals surface area contributed by atoms with Gasteiger partial charge < -0.3 is 4.74 Å². The average Bonchev–Trinajstić information content (AvgIpc) is 2.78. The summed E-state index contributed by atoms with van der Waals surface area (Å²) in [5.74, 6) is 6.24. The Morgan fingerprint density at radius 3 is 2.56 bits per heavy atom. The zero-order chi connectivity index (χ0) is 13.1. The zero-order valence-electron chi connectivity index (χ0n) is 10.8. The summed E-state index contributed by atoms with van der Waals surface area (Å²) in [4.78, 5) is 4.54. The Bertz CT molecular complexity index is 528. The van der Waals surface area contributed by atoms with E-state index in [0.29, 0.717) is 6.54 Å². The van der Waals surface area contributed by atoms with E-state index in [1.165, 1.54) is 0 Å². The maximum atomic E-state index is 5.37. The van der Waals surface area contributed by atoms with Gasteiger partial charge in [-0.1, -0.05) is 0 Å². The third-order valence-electron chi connectivity index (χ3n) is 2.77. The van der Waals surface area contributed by atoms with E-state index in [9.17, 15) is 0 Å². The van der Waals surface area contributed by atoms with E-state index in [1.54, 1.807) is 18.4 Å². The Morgan fingerprint density at radius 2 is 2.00 bits per heavy atom. The first-order chi connectivity index (χ1) is 8.65. The molecule has 1 aromatic heterocycles. The Hall–Kier alpha value is -1.43. The van der Waals surface area contributed by atoms with Gasteiger partial charge in [0.15, 0.2) is 0 Å². The minimum absolute atomic E-state index is 0.596. The third kappa shape index (κ3) is 2.53. The fourth-order valence-electron chi connectivity index (χ4n) is 2.03.